The van der Waals surface area contributed by atoms with E-state index in [-0.39, 0.29) is 24.0 Å². The molecule has 0 saturated carbocycles. The number of methoxy groups -OCH3 is 1. The first-order valence-corrected chi connectivity index (χ1v) is 4.65. The molecule has 0 aromatic carbocycles. The van der Waals surface area contributed by atoms with Crippen molar-refractivity contribution in [1.29, 1.82) is 0 Å². The fourth-order valence-electron chi connectivity index (χ4n) is 1.08. The zero-order chi connectivity index (χ0) is 12.8. The quantitative estimate of drug-likeness (QED) is 0.578. The lowest BCUT2D eigenvalue weighted by Crippen LogP contribution is -2.17. The molecule has 0 spiro atoms. The first-order valence-electron chi connectivity index (χ1n) is 4.65. The van der Waals surface area contributed by atoms with E-state index in [1.54, 1.807) is 0 Å². The molecule has 0 bridgehead atoms. The summed E-state index contributed by atoms with van der Waals surface area (Å²) in [6.07, 6.45) is 1.36. The molecule has 0 fully saturated rings. The van der Waals surface area contributed by atoms with E-state index in [0.717, 1.165) is 0 Å². The van der Waals surface area contributed by atoms with Crippen molar-refractivity contribution in [2.75, 3.05) is 13.9 Å². The minimum absolute atomic E-state index is 0.0451. The molecule has 7 heteroatoms. The topological polar surface area (TPSA) is 101 Å². The van der Waals surface area contributed by atoms with Crippen LogP contribution >= 0.6 is 0 Å². The Labute approximate surface area is 97.5 Å². The van der Waals surface area contributed by atoms with Gasteiger partial charge in [-0.05, 0) is 0 Å². The molecule has 17 heavy (non-hydrogen) atoms. The van der Waals surface area contributed by atoms with Gasteiger partial charge in [0, 0.05) is 19.2 Å². The van der Waals surface area contributed by atoms with E-state index < -0.39 is 11.9 Å². The van der Waals surface area contributed by atoms with Crippen LogP contribution in [0.15, 0.2) is 12.3 Å². The van der Waals surface area contributed by atoms with Gasteiger partial charge < -0.3 is 19.9 Å². The fourth-order valence-corrected chi connectivity index (χ4v) is 1.08. The average molecular weight is 240 g/mol. The Balaban J connectivity index is 2.93. The second-order valence-electron chi connectivity index (χ2n) is 2.95. The Bertz CT molecular complexity index is 433. The van der Waals surface area contributed by atoms with E-state index >= 15 is 0 Å². The number of rotatable bonds is 5. The fraction of sp³-hybridized carbons (Fsp3) is 0.300. The third-order valence-corrected chi connectivity index (χ3v) is 1.79. The van der Waals surface area contributed by atoms with Crippen LogP contribution in [0.1, 0.15) is 17.4 Å². The number of esters is 1. The summed E-state index contributed by atoms with van der Waals surface area (Å²) in [6, 6.07) is 1.50. The monoisotopic (exact) mass is 240 g/mol. The van der Waals surface area contributed by atoms with E-state index in [0.29, 0.717) is 0 Å². The van der Waals surface area contributed by atoms with Crippen LogP contribution in [0.5, 0.6) is 11.5 Å². The van der Waals surface area contributed by atoms with Gasteiger partial charge in [0.1, 0.15) is 0 Å². The maximum Gasteiger partial charge on any atom is 0.305 e. The Morgan fingerprint density at radius 1 is 1.47 bits per heavy atom. The molecule has 0 atom stereocenters. The van der Waals surface area contributed by atoms with E-state index in [2.05, 4.69) is 9.72 Å². The van der Waals surface area contributed by atoms with Crippen LogP contribution in [-0.4, -0.2) is 30.8 Å². The molecule has 0 radical (unpaired) electrons. The lowest BCUT2D eigenvalue weighted by Gasteiger charge is -2.12. The molecule has 2 N–H and O–H groups in total. The molecule has 7 nitrogen and oxygen atoms in total. The van der Waals surface area contributed by atoms with Gasteiger partial charge in [0.25, 0.3) is 5.91 Å². The van der Waals surface area contributed by atoms with Crippen molar-refractivity contribution in [2.24, 2.45) is 5.73 Å². The normalized spacial score (nSPS) is 9.53. The van der Waals surface area contributed by atoms with E-state index in [9.17, 15) is 9.59 Å². The summed E-state index contributed by atoms with van der Waals surface area (Å²) in [6.45, 7) is 0.885. The van der Waals surface area contributed by atoms with E-state index in [1.165, 1.54) is 26.3 Å². The van der Waals surface area contributed by atoms with E-state index in [4.69, 9.17) is 15.2 Å². The maximum atomic E-state index is 11.1. The molecular weight excluding hydrogens is 228 g/mol. The number of pyridine rings is 1. The van der Waals surface area contributed by atoms with Crippen LogP contribution in [-0.2, 0) is 9.53 Å². The number of aromatic nitrogens is 1. The van der Waals surface area contributed by atoms with Crippen molar-refractivity contribution in [3.8, 4) is 11.5 Å². The summed E-state index contributed by atoms with van der Waals surface area (Å²) in [7, 11) is 1.40. The highest BCUT2D eigenvalue weighted by atomic mass is 16.7. The molecule has 1 heterocycles. The zero-order valence-corrected chi connectivity index (χ0v) is 9.43. The molecule has 0 aliphatic rings. The smallest absolute Gasteiger partial charge is 0.305 e. The average Bonchev–Trinajstić information content (AvgIpc) is 2.28. The highest BCUT2D eigenvalue weighted by molar-refractivity contribution is 5.94. The number of amides is 1. The second kappa shape index (κ2) is 5.69. The van der Waals surface area contributed by atoms with Gasteiger partial charge in [-0.15, -0.1) is 0 Å². The van der Waals surface area contributed by atoms with Crippen molar-refractivity contribution in [3.63, 3.8) is 0 Å². The minimum atomic E-state index is -0.762. The van der Waals surface area contributed by atoms with Crippen LogP contribution in [0.3, 0.4) is 0 Å². The molecule has 92 valence electrons. The summed E-state index contributed by atoms with van der Waals surface area (Å²) < 4.78 is 14.7. The van der Waals surface area contributed by atoms with Crippen molar-refractivity contribution in [1.82, 2.24) is 4.98 Å². The minimum Gasteiger partial charge on any atom is -0.493 e. The van der Waals surface area contributed by atoms with Crippen LogP contribution < -0.4 is 15.2 Å². The number of hydrogen-bond acceptors (Lipinski definition) is 6. The van der Waals surface area contributed by atoms with Gasteiger partial charge in [-0.3, -0.25) is 9.59 Å². The number of hydrogen-bond donors (Lipinski definition) is 1. The highest BCUT2D eigenvalue weighted by Crippen LogP contribution is 2.29. The van der Waals surface area contributed by atoms with Gasteiger partial charge in [0.2, 0.25) is 6.79 Å². The van der Waals surface area contributed by atoms with Gasteiger partial charge in [-0.25, -0.2) is 4.98 Å². The molecule has 0 aliphatic heterocycles. The lowest BCUT2D eigenvalue weighted by atomic mass is 10.3. The summed E-state index contributed by atoms with van der Waals surface area (Å²) >= 11 is 0. The number of nitrogens with zero attached hydrogens (tertiary/aromatic N) is 1. The summed E-state index contributed by atoms with van der Waals surface area (Å²) in [5.41, 5.74) is 5.04. The maximum absolute atomic E-state index is 11.1. The SMILES string of the molecule is COc1ccnc(C(N)=O)c1OCOC(C)=O. The number of carbonyl (C=O) groups excluding carboxylic acids is 2. The lowest BCUT2D eigenvalue weighted by molar-refractivity contribution is -0.147. The molecule has 0 saturated heterocycles. The standard InChI is InChI=1S/C10H12N2O5/c1-6(13)16-5-17-9-7(15-2)3-4-12-8(9)10(11)14/h3-4H,5H2,1-2H3,(H2,11,14). The van der Waals surface area contributed by atoms with Gasteiger partial charge in [-0.1, -0.05) is 0 Å². The Morgan fingerprint density at radius 3 is 2.71 bits per heavy atom. The number of carbonyl (C=O) groups is 2. The largest absolute Gasteiger partial charge is 0.493 e. The van der Waals surface area contributed by atoms with Crippen molar-refractivity contribution < 1.29 is 23.8 Å². The molecule has 0 aliphatic carbocycles. The van der Waals surface area contributed by atoms with Crippen molar-refractivity contribution >= 4 is 11.9 Å². The van der Waals surface area contributed by atoms with Gasteiger partial charge in [0.15, 0.2) is 17.2 Å². The molecule has 1 rings (SSSR count). The third-order valence-electron chi connectivity index (χ3n) is 1.79. The van der Waals surface area contributed by atoms with Crippen LogP contribution in [0.2, 0.25) is 0 Å². The Morgan fingerprint density at radius 2 is 2.18 bits per heavy atom. The zero-order valence-electron chi connectivity index (χ0n) is 9.43. The summed E-state index contributed by atoms with van der Waals surface area (Å²) in [5.74, 6) is -0.945. The molecular formula is C10H12N2O5. The first-order chi connectivity index (χ1) is 8.06. The predicted molar refractivity (Wildman–Crippen MR) is 56.6 cm³/mol. The first kappa shape index (κ1) is 12.8. The highest BCUT2D eigenvalue weighted by Gasteiger charge is 2.16. The Hall–Kier alpha value is -2.31. The summed E-state index contributed by atoms with van der Waals surface area (Å²) in [5, 5.41) is 0. The molecule has 1 amide bonds. The number of ether oxygens (including phenoxy) is 3. The third kappa shape index (κ3) is 3.33. The van der Waals surface area contributed by atoms with Crippen molar-refractivity contribution in [2.45, 2.75) is 6.92 Å². The molecule has 0 unspecified atom stereocenters. The second-order valence-corrected chi connectivity index (χ2v) is 2.95. The van der Waals surface area contributed by atoms with E-state index in [1.807, 2.05) is 0 Å². The summed E-state index contributed by atoms with van der Waals surface area (Å²) in [4.78, 5) is 25.4. The van der Waals surface area contributed by atoms with Gasteiger partial charge in [-0.2, -0.15) is 0 Å². The number of primary amides is 1. The van der Waals surface area contributed by atoms with Crippen LogP contribution in [0.25, 0.3) is 0 Å². The van der Waals surface area contributed by atoms with Gasteiger partial charge in [0.05, 0.1) is 7.11 Å². The van der Waals surface area contributed by atoms with Gasteiger partial charge >= 0.3 is 5.97 Å². The van der Waals surface area contributed by atoms with Crippen molar-refractivity contribution in [3.05, 3.63) is 18.0 Å². The molecule has 1 aromatic heterocycles. The predicted octanol–water partition coefficient (Wildman–Crippen LogP) is 0.0885. The van der Waals surface area contributed by atoms with Crippen LogP contribution in [0.4, 0.5) is 0 Å². The Kier molecular flexibility index (Phi) is 4.27. The van der Waals surface area contributed by atoms with Crippen LogP contribution in [0, 0.1) is 0 Å². The molecule has 1 aromatic rings. The number of nitrogens with two attached hydrogens (primary N) is 1.